The monoisotopic (exact) mass is 299 g/mol. The molecule has 0 aromatic carbocycles. The van der Waals surface area contributed by atoms with Gasteiger partial charge in [0, 0.05) is 14.7 Å². The molecule has 0 aliphatic rings. The van der Waals surface area contributed by atoms with Crippen LogP contribution in [-0.4, -0.2) is 5.91 Å². The van der Waals surface area contributed by atoms with Crippen molar-refractivity contribution in [2.75, 3.05) is 0 Å². The summed E-state index contributed by atoms with van der Waals surface area (Å²) in [4.78, 5) is 12.6. The van der Waals surface area contributed by atoms with Gasteiger partial charge in [0.15, 0.2) is 0 Å². The summed E-state index contributed by atoms with van der Waals surface area (Å²) >= 11 is 4.93. The van der Waals surface area contributed by atoms with Crippen LogP contribution in [0, 0.1) is 0 Å². The highest BCUT2D eigenvalue weighted by atomic mass is 79.9. The largest absolute Gasteiger partial charge is 0.467 e. The maximum atomic E-state index is 11.6. The highest BCUT2D eigenvalue weighted by Crippen LogP contribution is 2.19. The number of thiophene rings is 1. The Morgan fingerprint density at radius 1 is 1.56 bits per heavy atom. The molecule has 0 radical (unpaired) electrons. The number of rotatable bonds is 4. The summed E-state index contributed by atoms with van der Waals surface area (Å²) in [5, 5.41) is 4.77. The second-order valence-corrected chi connectivity index (χ2v) is 5.18. The molecule has 0 bridgehead atoms. The van der Waals surface area contributed by atoms with Gasteiger partial charge in [0.2, 0.25) is 5.91 Å². The van der Waals surface area contributed by atoms with Crippen LogP contribution in [0.1, 0.15) is 10.6 Å². The number of carbonyl (C=O) groups excluding carboxylic acids is 1. The molecule has 84 valence electrons. The number of hydrogen-bond acceptors (Lipinski definition) is 3. The fraction of sp³-hybridized carbons (Fsp3) is 0.182. The first-order valence-electron chi connectivity index (χ1n) is 4.76. The lowest BCUT2D eigenvalue weighted by atomic mass is 10.3. The number of hydrogen-bond donors (Lipinski definition) is 1. The van der Waals surface area contributed by atoms with Crippen LogP contribution < -0.4 is 5.32 Å². The van der Waals surface area contributed by atoms with Gasteiger partial charge in [-0.2, -0.15) is 0 Å². The average molecular weight is 300 g/mol. The highest BCUT2D eigenvalue weighted by Gasteiger charge is 2.06. The van der Waals surface area contributed by atoms with Crippen molar-refractivity contribution in [3.63, 3.8) is 0 Å². The second kappa shape index (κ2) is 5.32. The third-order valence-electron chi connectivity index (χ3n) is 2.00. The molecule has 2 rings (SSSR count). The third-order valence-corrected chi connectivity index (χ3v) is 3.69. The molecule has 2 aromatic heterocycles. The van der Waals surface area contributed by atoms with E-state index in [2.05, 4.69) is 21.2 Å². The Morgan fingerprint density at radius 3 is 3.06 bits per heavy atom. The first kappa shape index (κ1) is 11.4. The van der Waals surface area contributed by atoms with Crippen LogP contribution in [0.3, 0.4) is 0 Å². The van der Waals surface area contributed by atoms with Crippen molar-refractivity contribution >= 4 is 33.2 Å². The lowest BCUT2D eigenvalue weighted by Gasteiger charge is -2.01. The fourth-order valence-electron chi connectivity index (χ4n) is 1.27. The van der Waals surface area contributed by atoms with Crippen LogP contribution in [0.5, 0.6) is 0 Å². The van der Waals surface area contributed by atoms with Crippen LogP contribution >= 0.6 is 27.3 Å². The van der Waals surface area contributed by atoms with E-state index >= 15 is 0 Å². The number of amides is 1. The zero-order valence-corrected chi connectivity index (χ0v) is 10.8. The molecule has 0 aliphatic carbocycles. The van der Waals surface area contributed by atoms with Crippen molar-refractivity contribution < 1.29 is 9.21 Å². The van der Waals surface area contributed by atoms with E-state index in [0.717, 1.165) is 15.1 Å². The van der Waals surface area contributed by atoms with E-state index in [9.17, 15) is 4.79 Å². The molecule has 1 amide bonds. The van der Waals surface area contributed by atoms with Gasteiger partial charge in [0.05, 0.1) is 19.2 Å². The zero-order chi connectivity index (χ0) is 11.4. The minimum atomic E-state index is 0.00532. The Labute approximate surface area is 106 Å². The van der Waals surface area contributed by atoms with Gasteiger partial charge in [-0.1, -0.05) is 0 Å². The van der Waals surface area contributed by atoms with E-state index in [-0.39, 0.29) is 5.91 Å². The summed E-state index contributed by atoms with van der Waals surface area (Å²) in [6.07, 6.45) is 2.01. The number of halogens is 1. The van der Waals surface area contributed by atoms with Gasteiger partial charge in [0.25, 0.3) is 0 Å². The summed E-state index contributed by atoms with van der Waals surface area (Å²) in [6.45, 7) is 0.443. The quantitative estimate of drug-likeness (QED) is 0.943. The Kier molecular flexibility index (Phi) is 3.79. The highest BCUT2D eigenvalue weighted by molar-refractivity contribution is 9.10. The minimum Gasteiger partial charge on any atom is -0.467 e. The lowest BCUT2D eigenvalue weighted by Crippen LogP contribution is -2.23. The van der Waals surface area contributed by atoms with Crippen molar-refractivity contribution in [1.29, 1.82) is 0 Å². The molecule has 16 heavy (non-hydrogen) atoms. The third kappa shape index (κ3) is 3.21. The maximum absolute atomic E-state index is 11.6. The predicted octanol–water partition coefficient (Wildman–Crippen LogP) is 2.96. The number of carbonyl (C=O) groups is 1. The van der Waals surface area contributed by atoms with Crippen molar-refractivity contribution in [2.45, 2.75) is 13.0 Å². The van der Waals surface area contributed by atoms with E-state index in [1.165, 1.54) is 0 Å². The summed E-state index contributed by atoms with van der Waals surface area (Å²) in [7, 11) is 0. The minimum absolute atomic E-state index is 0.00532. The molecular weight excluding hydrogens is 290 g/mol. The van der Waals surface area contributed by atoms with E-state index < -0.39 is 0 Å². The Hall–Kier alpha value is -1.07. The van der Waals surface area contributed by atoms with Crippen molar-refractivity contribution in [1.82, 2.24) is 5.32 Å². The average Bonchev–Trinajstić information content (AvgIpc) is 2.87. The molecule has 0 aliphatic heterocycles. The molecular formula is C11H10BrNO2S. The SMILES string of the molecule is O=C(Cc1cc(Br)cs1)NCc1ccco1. The molecule has 5 heteroatoms. The predicted molar refractivity (Wildman–Crippen MR) is 66.3 cm³/mol. The molecule has 1 N–H and O–H groups in total. The standard InChI is InChI=1S/C11H10BrNO2S/c12-8-4-10(16-7-8)5-11(14)13-6-9-2-1-3-15-9/h1-4,7H,5-6H2,(H,13,14). The lowest BCUT2D eigenvalue weighted by molar-refractivity contribution is -0.120. The smallest absolute Gasteiger partial charge is 0.225 e. The van der Waals surface area contributed by atoms with Gasteiger partial charge in [-0.15, -0.1) is 11.3 Å². The van der Waals surface area contributed by atoms with E-state index in [1.807, 2.05) is 17.5 Å². The Morgan fingerprint density at radius 2 is 2.44 bits per heavy atom. The van der Waals surface area contributed by atoms with Gasteiger partial charge < -0.3 is 9.73 Å². The molecule has 2 aromatic rings. The van der Waals surface area contributed by atoms with Crippen LogP contribution in [0.15, 0.2) is 38.7 Å². The van der Waals surface area contributed by atoms with Crippen molar-refractivity contribution in [3.8, 4) is 0 Å². The first-order chi connectivity index (χ1) is 7.74. The molecule has 0 spiro atoms. The number of furan rings is 1. The maximum Gasteiger partial charge on any atom is 0.225 e. The van der Waals surface area contributed by atoms with Crippen LogP contribution in [-0.2, 0) is 17.8 Å². The normalized spacial score (nSPS) is 10.3. The van der Waals surface area contributed by atoms with Gasteiger partial charge in [-0.05, 0) is 34.1 Å². The summed E-state index contributed by atoms with van der Waals surface area (Å²) in [5.41, 5.74) is 0. The fourth-order valence-corrected chi connectivity index (χ4v) is 2.72. The van der Waals surface area contributed by atoms with Crippen molar-refractivity contribution in [3.05, 3.63) is 45.0 Å². The van der Waals surface area contributed by atoms with Crippen LogP contribution in [0.25, 0.3) is 0 Å². The molecule has 0 unspecified atom stereocenters. The first-order valence-corrected chi connectivity index (χ1v) is 6.43. The Balaban J connectivity index is 1.81. The van der Waals surface area contributed by atoms with E-state index in [1.54, 1.807) is 23.7 Å². The van der Waals surface area contributed by atoms with E-state index in [4.69, 9.17) is 4.42 Å². The molecule has 0 atom stereocenters. The van der Waals surface area contributed by atoms with Crippen LogP contribution in [0.4, 0.5) is 0 Å². The molecule has 0 fully saturated rings. The Bertz CT molecular complexity index is 464. The van der Waals surface area contributed by atoms with E-state index in [0.29, 0.717) is 13.0 Å². The summed E-state index contributed by atoms with van der Waals surface area (Å²) in [5.74, 6) is 0.770. The molecule has 0 saturated carbocycles. The topological polar surface area (TPSA) is 42.2 Å². The van der Waals surface area contributed by atoms with Crippen LogP contribution in [0.2, 0.25) is 0 Å². The second-order valence-electron chi connectivity index (χ2n) is 3.26. The molecule has 0 saturated heterocycles. The summed E-state index contributed by atoms with van der Waals surface area (Å²) in [6, 6.07) is 5.59. The van der Waals surface area contributed by atoms with Gasteiger partial charge >= 0.3 is 0 Å². The van der Waals surface area contributed by atoms with Crippen molar-refractivity contribution in [2.24, 2.45) is 0 Å². The van der Waals surface area contributed by atoms with Gasteiger partial charge in [-0.25, -0.2) is 0 Å². The zero-order valence-electron chi connectivity index (χ0n) is 8.40. The number of nitrogens with one attached hydrogen (secondary N) is 1. The molecule has 3 nitrogen and oxygen atoms in total. The summed E-state index contributed by atoms with van der Waals surface area (Å²) < 4.78 is 6.14. The molecule has 2 heterocycles. The van der Waals surface area contributed by atoms with Gasteiger partial charge in [0.1, 0.15) is 5.76 Å². The van der Waals surface area contributed by atoms with Gasteiger partial charge in [-0.3, -0.25) is 4.79 Å².